The molecule has 1 aromatic rings. The van der Waals surface area contributed by atoms with Crippen molar-refractivity contribution in [1.82, 2.24) is 15.5 Å². The summed E-state index contributed by atoms with van der Waals surface area (Å²) < 4.78 is 5.45. The Kier molecular flexibility index (Phi) is 13.4. The summed E-state index contributed by atoms with van der Waals surface area (Å²) in [5, 5.41) is 5.83. The van der Waals surface area contributed by atoms with Crippen LogP contribution in [0.3, 0.4) is 0 Å². The Morgan fingerprint density at radius 1 is 1.14 bits per heavy atom. The van der Waals surface area contributed by atoms with Crippen molar-refractivity contribution in [2.75, 3.05) is 18.6 Å². The lowest BCUT2D eigenvalue weighted by Crippen LogP contribution is -2.55. The molecule has 3 atom stereocenters. The summed E-state index contributed by atoms with van der Waals surface area (Å²) in [6.07, 6.45) is 4.24. The Morgan fingerprint density at radius 2 is 1.81 bits per heavy atom. The fourth-order valence-electron chi connectivity index (χ4n) is 3.95. The number of carbonyl (C=O) groups is 3. The molecule has 0 aromatic heterocycles. The first-order valence-corrected chi connectivity index (χ1v) is 14.4. The Hall–Kier alpha value is -2.22. The van der Waals surface area contributed by atoms with E-state index in [4.69, 9.17) is 4.74 Å². The first-order chi connectivity index (χ1) is 16.9. The van der Waals surface area contributed by atoms with E-state index in [2.05, 4.69) is 17.6 Å². The van der Waals surface area contributed by atoms with Gasteiger partial charge in [0.1, 0.15) is 17.7 Å². The number of carbonyl (C=O) groups excluding carboxylic acids is 3. The van der Waals surface area contributed by atoms with Gasteiger partial charge in [0, 0.05) is 12.6 Å². The summed E-state index contributed by atoms with van der Waals surface area (Å²) in [5.41, 5.74) is 2.15. The number of rotatable bonds is 13. The first-order valence-electron chi connectivity index (χ1n) is 13.0. The largest absolute Gasteiger partial charge is 0.444 e. The fourth-order valence-corrected chi connectivity index (χ4v) is 4.42. The number of hydrogen-bond acceptors (Lipinski definition) is 5. The predicted octanol–water partition coefficient (Wildman–Crippen LogP) is 5.53. The predicted molar refractivity (Wildman–Crippen MR) is 149 cm³/mol. The molecule has 2 N–H and O–H groups in total. The number of hydrogen-bond donors (Lipinski definition) is 2. The van der Waals surface area contributed by atoms with Crippen LogP contribution in [0.4, 0.5) is 4.79 Å². The zero-order chi connectivity index (χ0) is 27.5. The van der Waals surface area contributed by atoms with Crippen LogP contribution in [0.2, 0.25) is 0 Å². The van der Waals surface area contributed by atoms with Crippen molar-refractivity contribution in [3.8, 4) is 0 Å². The van der Waals surface area contributed by atoms with Crippen molar-refractivity contribution in [3.05, 3.63) is 34.9 Å². The lowest BCUT2D eigenvalue weighted by molar-refractivity contribution is -0.145. The molecular weight excluding hydrogens is 474 g/mol. The van der Waals surface area contributed by atoms with Gasteiger partial charge in [-0.25, -0.2) is 4.79 Å². The van der Waals surface area contributed by atoms with E-state index >= 15 is 0 Å². The van der Waals surface area contributed by atoms with Gasteiger partial charge in [0.05, 0.1) is 0 Å². The van der Waals surface area contributed by atoms with Crippen molar-refractivity contribution in [2.24, 2.45) is 0 Å². The Balaban J connectivity index is 3.52. The molecule has 0 aliphatic rings. The fraction of sp³-hybridized carbons (Fsp3) is 0.679. The van der Waals surface area contributed by atoms with Crippen LogP contribution in [0, 0.1) is 13.8 Å². The maximum atomic E-state index is 14.1. The SMILES string of the molecule is CCCCNC(=O)C(c1ccc(C)cc1C)N(C(=O)C(CCSC)NC(=O)OC(C)(C)C)C(C)CC. The molecule has 0 radical (unpaired) electrons. The molecule has 0 saturated carbocycles. The number of benzene rings is 1. The minimum absolute atomic E-state index is 0.204. The third-order valence-electron chi connectivity index (χ3n) is 6.00. The standard InChI is InChI=1S/C28H47N3O4S/c1-10-12-16-29-25(32)24(22-14-13-19(3)18-20(22)4)31(21(5)11-2)26(33)23(15-17-36-9)30-27(34)35-28(6,7)8/h13-14,18,21,23-24H,10-12,15-17H2,1-9H3,(H,29,32)(H,30,34). The maximum absolute atomic E-state index is 14.1. The number of amides is 3. The van der Waals surface area contributed by atoms with Gasteiger partial charge in [0.2, 0.25) is 11.8 Å². The van der Waals surface area contributed by atoms with E-state index in [1.807, 2.05) is 52.1 Å². The molecule has 0 bridgehead atoms. The second-order valence-electron chi connectivity index (χ2n) is 10.4. The van der Waals surface area contributed by atoms with Crippen LogP contribution in [-0.4, -0.2) is 59.0 Å². The monoisotopic (exact) mass is 521 g/mol. The van der Waals surface area contributed by atoms with Crippen LogP contribution in [0.15, 0.2) is 18.2 Å². The molecule has 204 valence electrons. The van der Waals surface area contributed by atoms with Crippen LogP contribution in [0.1, 0.15) is 90.0 Å². The molecular formula is C28H47N3O4S. The lowest BCUT2D eigenvalue weighted by Gasteiger charge is -2.38. The van der Waals surface area contributed by atoms with Crippen LogP contribution >= 0.6 is 11.8 Å². The van der Waals surface area contributed by atoms with E-state index in [0.29, 0.717) is 25.1 Å². The molecule has 1 aromatic carbocycles. The average Bonchev–Trinajstić information content (AvgIpc) is 2.78. The molecule has 1 rings (SSSR count). The van der Waals surface area contributed by atoms with Gasteiger partial charge in [-0.3, -0.25) is 9.59 Å². The van der Waals surface area contributed by atoms with Gasteiger partial charge in [-0.15, -0.1) is 0 Å². The molecule has 0 aliphatic heterocycles. The first kappa shape index (κ1) is 31.8. The molecule has 36 heavy (non-hydrogen) atoms. The highest BCUT2D eigenvalue weighted by Gasteiger charge is 2.38. The van der Waals surface area contributed by atoms with E-state index in [0.717, 1.165) is 29.5 Å². The normalized spacial score (nSPS) is 13.9. The third kappa shape index (κ3) is 10.0. The average molecular weight is 522 g/mol. The summed E-state index contributed by atoms with van der Waals surface area (Å²) in [6.45, 7) is 15.9. The van der Waals surface area contributed by atoms with Gasteiger partial charge in [0.15, 0.2) is 0 Å². The minimum Gasteiger partial charge on any atom is -0.444 e. The van der Waals surface area contributed by atoms with E-state index in [-0.39, 0.29) is 17.9 Å². The zero-order valence-electron chi connectivity index (χ0n) is 23.7. The topological polar surface area (TPSA) is 87.7 Å². The Labute approximate surface area is 222 Å². The number of thioether (sulfide) groups is 1. The highest BCUT2D eigenvalue weighted by molar-refractivity contribution is 7.98. The van der Waals surface area contributed by atoms with Crippen LogP contribution in [0.25, 0.3) is 0 Å². The van der Waals surface area contributed by atoms with Crippen molar-refractivity contribution in [2.45, 2.75) is 105 Å². The van der Waals surface area contributed by atoms with Crippen molar-refractivity contribution in [1.29, 1.82) is 0 Å². The van der Waals surface area contributed by atoms with E-state index in [1.165, 1.54) is 0 Å². The van der Waals surface area contributed by atoms with E-state index in [9.17, 15) is 14.4 Å². The summed E-state index contributed by atoms with van der Waals surface area (Å²) in [5.74, 6) is 0.196. The molecule has 8 heteroatoms. The van der Waals surface area contributed by atoms with E-state index < -0.39 is 23.8 Å². The smallest absolute Gasteiger partial charge is 0.408 e. The molecule has 3 amide bonds. The number of ether oxygens (including phenoxy) is 1. The number of nitrogens with one attached hydrogen (secondary N) is 2. The molecule has 3 unspecified atom stereocenters. The van der Waals surface area contributed by atoms with Gasteiger partial charge >= 0.3 is 6.09 Å². The van der Waals surface area contributed by atoms with E-state index in [1.54, 1.807) is 37.4 Å². The van der Waals surface area contributed by atoms with Gasteiger partial charge in [0.25, 0.3) is 0 Å². The number of alkyl carbamates (subject to hydrolysis) is 1. The van der Waals surface area contributed by atoms with Crippen molar-refractivity contribution < 1.29 is 19.1 Å². The highest BCUT2D eigenvalue weighted by Crippen LogP contribution is 2.29. The molecule has 0 saturated heterocycles. The molecule has 7 nitrogen and oxygen atoms in total. The van der Waals surface area contributed by atoms with Crippen molar-refractivity contribution in [3.63, 3.8) is 0 Å². The third-order valence-corrected chi connectivity index (χ3v) is 6.64. The van der Waals surface area contributed by atoms with Crippen LogP contribution in [0.5, 0.6) is 0 Å². The lowest BCUT2D eigenvalue weighted by atomic mass is 9.94. The zero-order valence-corrected chi connectivity index (χ0v) is 24.5. The molecule has 0 heterocycles. The van der Waals surface area contributed by atoms with Gasteiger partial charge in [-0.05, 0) is 83.9 Å². The second-order valence-corrected chi connectivity index (χ2v) is 11.4. The molecule has 0 aliphatic carbocycles. The summed E-state index contributed by atoms with van der Waals surface area (Å²) in [6, 6.07) is 4.11. The number of aryl methyl sites for hydroxylation is 2. The van der Waals surface area contributed by atoms with Gasteiger partial charge in [-0.2, -0.15) is 11.8 Å². The van der Waals surface area contributed by atoms with Gasteiger partial charge < -0.3 is 20.3 Å². The Bertz CT molecular complexity index is 869. The Morgan fingerprint density at radius 3 is 2.33 bits per heavy atom. The molecule has 0 spiro atoms. The van der Waals surface area contributed by atoms with Crippen molar-refractivity contribution >= 4 is 29.7 Å². The van der Waals surface area contributed by atoms with Gasteiger partial charge in [-0.1, -0.05) is 44.0 Å². The highest BCUT2D eigenvalue weighted by atomic mass is 32.2. The number of unbranched alkanes of at least 4 members (excludes halogenated alkanes) is 1. The number of nitrogens with zero attached hydrogens (tertiary/aromatic N) is 1. The summed E-state index contributed by atoms with van der Waals surface area (Å²) in [4.78, 5) is 42.1. The quantitative estimate of drug-likeness (QED) is 0.333. The molecule has 0 fully saturated rings. The summed E-state index contributed by atoms with van der Waals surface area (Å²) >= 11 is 1.60. The summed E-state index contributed by atoms with van der Waals surface area (Å²) in [7, 11) is 0. The van der Waals surface area contributed by atoms with Crippen LogP contribution < -0.4 is 10.6 Å². The minimum atomic E-state index is -0.807. The second kappa shape index (κ2) is 15.1. The maximum Gasteiger partial charge on any atom is 0.408 e. The van der Waals surface area contributed by atoms with Crippen LogP contribution in [-0.2, 0) is 14.3 Å².